The minimum Gasteiger partial charge on any atom is -0.492 e. The zero-order chi connectivity index (χ0) is 19.3. The quantitative estimate of drug-likeness (QED) is 0.353. The Balaban J connectivity index is 1.63. The van der Waals surface area contributed by atoms with Crippen LogP contribution in [0, 0.1) is 5.92 Å². The van der Waals surface area contributed by atoms with Gasteiger partial charge in [0.2, 0.25) is 0 Å². The fourth-order valence-electron chi connectivity index (χ4n) is 2.72. The van der Waals surface area contributed by atoms with Crippen molar-refractivity contribution in [3.63, 3.8) is 0 Å². The first kappa shape index (κ1) is 21.8. The van der Waals surface area contributed by atoms with Gasteiger partial charge in [0.1, 0.15) is 12.4 Å². The molecule has 0 aromatic heterocycles. The van der Waals surface area contributed by atoms with E-state index >= 15 is 0 Å². The van der Waals surface area contributed by atoms with Crippen LogP contribution in [0.3, 0.4) is 0 Å². The molecule has 7 heteroatoms. The largest absolute Gasteiger partial charge is 0.492 e. The van der Waals surface area contributed by atoms with Gasteiger partial charge in [0.05, 0.1) is 19.8 Å². The number of likely N-dealkylation sites (N-methyl/N-ethyl adjacent to an activating group) is 1. The fraction of sp³-hybridized carbons (Fsp3) is 0.650. The molecule has 1 aliphatic rings. The van der Waals surface area contributed by atoms with E-state index in [1.807, 2.05) is 31.3 Å². The first-order valence-electron chi connectivity index (χ1n) is 9.72. The van der Waals surface area contributed by atoms with E-state index in [-0.39, 0.29) is 0 Å². The van der Waals surface area contributed by atoms with E-state index in [1.54, 1.807) is 0 Å². The SMILES string of the molecule is CCNC(=NCCCOCC1CCOC1)N(C)CCOc1ccc(Cl)cc1. The standard InChI is InChI=1S/C20H32ClN3O3/c1-3-22-20(23-10-4-12-25-15-17-9-13-26-16-17)24(2)11-14-27-19-7-5-18(21)6-8-19/h5-8,17H,3-4,9-16H2,1-2H3,(H,22,23). The maximum atomic E-state index is 5.88. The second kappa shape index (κ2) is 12.8. The average molecular weight is 398 g/mol. The van der Waals surface area contributed by atoms with Crippen molar-refractivity contribution < 1.29 is 14.2 Å². The van der Waals surface area contributed by atoms with Gasteiger partial charge < -0.3 is 24.4 Å². The van der Waals surface area contributed by atoms with E-state index in [2.05, 4.69) is 22.1 Å². The monoisotopic (exact) mass is 397 g/mol. The number of nitrogens with zero attached hydrogens (tertiary/aromatic N) is 2. The van der Waals surface area contributed by atoms with Crippen LogP contribution in [0.15, 0.2) is 29.3 Å². The summed E-state index contributed by atoms with van der Waals surface area (Å²) in [4.78, 5) is 6.75. The number of halogens is 1. The molecule has 1 aromatic rings. The van der Waals surface area contributed by atoms with Crippen LogP contribution in [-0.4, -0.2) is 70.6 Å². The molecule has 1 saturated heterocycles. The Kier molecular flexibility index (Phi) is 10.3. The second-order valence-electron chi connectivity index (χ2n) is 6.62. The van der Waals surface area contributed by atoms with Gasteiger partial charge in [-0.2, -0.15) is 0 Å². The van der Waals surface area contributed by atoms with Gasteiger partial charge in [0.15, 0.2) is 5.96 Å². The van der Waals surface area contributed by atoms with E-state index in [4.69, 9.17) is 25.8 Å². The van der Waals surface area contributed by atoms with Crippen molar-refractivity contribution in [1.82, 2.24) is 10.2 Å². The summed E-state index contributed by atoms with van der Waals surface area (Å²) in [5.41, 5.74) is 0. The summed E-state index contributed by atoms with van der Waals surface area (Å²) in [6.07, 6.45) is 2.03. The first-order chi connectivity index (χ1) is 13.2. The molecule has 1 aromatic carbocycles. The van der Waals surface area contributed by atoms with Gasteiger partial charge in [0, 0.05) is 44.3 Å². The zero-order valence-electron chi connectivity index (χ0n) is 16.5. The molecular formula is C20H32ClN3O3. The van der Waals surface area contributed by atoms with Crippen molar-refractivity contribution >= 4 is 17.6 Å². The molecule has 1 aliphatic heterocycles. The molecule has 1 fully saturated rings. The smallest absolute Gasteiger partial charge is 0.193 e. The van der Waals surface area contributed by atoms with Crippen molar-refractivity contribution in [3.8, 4) is 5.75 Å². The molecule has 1 heterocycles. The van der Waals surface area contributed by atoms with Crippen molar-refractivity contribution in [2.75, 3.05) is 59.7 Å². The topological polar surface area (TPSA) is 55.3 Å². The van der Waals surface area contributed by atoms with E-state index in [0.29, 0.717) is 17.5 Å². The number of nitrogens with one attached hydrogen (secondary N) is 1. The number of guanidine groups is 1. The molecule has 0 bridgehead atoms. The number of rotatable bonds is 11. The van der Waals surface area contributed by atoms with Gasteiger partial charge in [-0.25, -0.2) is 0 Å². The summed E-state index contributed by atoms with van der Waals surface area (Å²) in [5, 5.41) is 4.03. The van der Waals surface area contributed by atoms with E-state index in [0.717, 1.165) is 70.6 Å². The van der Waals surface area contributed by atoms with Gasteiger partial charge in [0.25, 0.3) is 0 Å². The number of hydrogen-bond donors (Lipinski definition) is 1. The highest BCUT2D eigenvalue weighted by Gasteiger charge is 2.15. The second-order valence-corrected chi connectivity index (χ2v) is 7.05. The van der Waals surface area contributed by atoms with Crippen molar-refractivity contribution in [3.05, 3.63) is 29.3 Å². The normalized spacial score (nSPS) is 17.1. The maximum absolute atomic E-state index is 5.88. The summed E-state index contributed by atoms with van der Waals surface area (Å²) in [7, 11) is 2.02. The summed E-state index contributed by atoms with van der Waals surface area (Å²) < 4.78 is 16.8. The summed E-state index contributed by atoms with van der Waals surface area (Å²) >= 11 is 5.88. The Hall–Kier alpha value is -1.50. The van der Waals surface area contributed by atoms with Gasteiger partial charge in [-0.3, -0.25) is 4.99 Å². The zero-order valence-corrected chi connectivity index (χ0v) is 17.2. The minimum absolute atomic E-state index is 0.567. The van der Waals surface area contributed by atoms with Gasteiger partial charge in [-0.05, 0) is 44.0 Å². The molecule has 152 valence electrons. The highest BCUT2D eigenvalue weighted by molar-refractivity contribution is 6.30. The lowest BCUT2D eigenvalue weighted by atomic mass is 10.1. The molecule has 0 aliphatic carbocycles. The Morgan fingerprint density at radius 2 is 2.15 bits per heavy atom. The van der Waals surface area contributed by atoms with Crippen LogP contribution in [0.4, 0.5) is 0 Å². The van der Waals surface area contributed by atoms with Crippen LogP contribution in [-0.2, 0) is 9.47 Å². The maximum Gasteiger partial charge on any atom is 0.193 e. The number of aliphatic imine (C=N–C) groups is 1. The predicted molar refractivity (Wildman–Crippen MR) is 110 cm³/mol. The van der Waals surface area contributed by atoms with Crippen LogP contribution in [0.25, 0.3) is 0 Å². The Bertz CT molecular complexity index is 548. The third kappa shape index (κ3) is 8.82. The fourth-order valence-corrected chi connectivity index (χ4v) is 2.85. The third-order valence-electron chi connectivity index (χ3n) is 4.29. The number of hydrogen-bond acceptors (Lipinski definition) is 4. The number of ether oxygens (including phenoxy) is 3. The van der Waals surface area contributed by atoms with E-state index < -0.39 is 0 Å². The molecule has 1 atom stereocenters. The van der Waals surface area contributed by atoms with Crippen LogP contribution < -0.4 is 10.1 Å². The molecule has 2 rings (SSSR count). The lowest BCUT2D eigenvalue weighted by molar-refractivity contribution is 0.0893. The Morgan fingerprint density at radius 1 is 1.33 bits per heavy atom. The van der Waals surface area contributed by atoms with Crippen LogP contribution in [0.5, 0.6) is 5.75 Å². The summed E-state index contributed by atoms with van der Waals surface area (Å²) in [6, 6.07) is 7.40. The molecule has 0 radical (unpaired) electrons. The predicted octanol–water partition coefficient (Wildman–Crippen LogP) is 3.06. The van der Waals surface area contributed by atoms with E-state index in [9.17, 15) is 0 Å². The van der Waals surface area contributed by atoms with Crippen molar-refractivity contribution in [2.45, 2.75) is 19.8 Å². The van der Waals surface area contributed by atoms with Crippen molar-refractivity contribution in [2.24, 2.45) is 10.9 Å². The molecular weight excluding hydrogens is 366 g/mol. The van der Waals surface area contributed by atoms with Gasteiger partial charge in [-0.1, -0.05) is 11.6 Å². The van der Waals surface area contributed by atoms with Crippen LogP contribution in [0.1, 0.15) is 19.8 Å². The molecule has 1 unspecified atom stereocenters. The average Bonchev–Trinajstić information content (AvgIpc) is 3.18. The minimum atomic E-state index is 0.567. The number of benzene rings is 1. The Morgan fingerprint density at radius 3 is 2.85 bits per heavy atom. The van der Waals surface area contributed by atoms with Gasteiger partial charge >= 0.3 is 0 Å². The lowest BCUT2D eigenvalue weighted by Gasteiger charge is -2.22. The third-order valence-corrected chi connectivity index (χ3v) is 4.54. The van der Waals surface area contributed by atoms with Crippen LogP contribution in [0.2, 0.25) is 5.02 Å². The van der Waals surface area contributed by atoms with E-state index in [1.165, 1.54) is 0 Å². The van der Waals surface area contributed by atoms with Gasteiger partial charge in [-0.15, -0.1) is 0 Å². The lowest BCUT2D eigenvalue weighted by Crippen LogP contribution is -2.41. The molecule has 0 spiro atoms. The summed E-state index contributed by atoms with van der Waals surface area (Å²) in [6.45, 7) is 8.21. The highest BCUT2D eigenvalue weighted by atomic mass is 35.5. The molecule has 1 N–H and O–H groups in total. The molecule has 6 nitrogen and oxygen atoms in total. The highest BCUT2D eigenvalue weighted by Crippen LogP contribution is 2.15. The molecule has 27 heavy (non-hydrogen) atoms. The van der Waals surface area contributed by atoms with Crippen molar-refractivity contribution in [1.29, 1.82) is 0 Å². The van der Waals surface area contributed by atoms with Crippen LogP contribution >= 0.6 is 11.6 Å². The first-order valence-corrected chi connectivity index (χ1v) is 10.1. The molecule has 0 saturated carbocycles. The Labute approximate surface area is 167 Å². The summed E-state index contributed by atoms with van der Waals surface area (Å²) in [5.74, 6) is 2.28. The molecule has 0 amide bonds.